The second-order valence-corrected chi connectivity index (χ2v) is 9.35. The Kier molecular flexibility index (Phi) is 7.09. The van der Waals surface area contributed by atoms with Crippen LogP contribution in [0.3, 0.4) is 0 Å². The molecule has 0 bridgehead atoms. The molecule has 2 heterocycles. The van der Waals surface area contributed by atoms with Gasteiger partial charge in [-0.25, -0.2) is 0 Å². The van der Waals surface area contributed by atoms with Crippen LogP contribution in [0.4, 0.5) is 0 Å². The smallest absolute Gasteiger partial charge is 0.239 e. The lowest BCUT2D eigenvalue weighted by molar-refractivity contribution is -0.449. The first-order valence-corrected chi connectivity index (χ1v) is 11.4. The van der Waals surface area contributed by atoms with Crippen molar-refractivity contribution < 1.29 is 34.3 Å². The van der Waals surface area contributed by atoms with Gasteiger partial charge in [0.2, 0.25) is 18.0 Å². The Balaban J connectivity index is 1.55. The van der Waals surface area contributed by atoms with Crippen LogP contribution in [0.2, 0.25) is 0 Å². The molecule has 184 valence electrons. The summed E-state index contributed by atoms with van der Waals surface area (Å²) in [6.07, 6.45) is -4.92. The zero-order chi connectivity index (χ0) is 23.9. The van der Waals surface area contributed by atoms with Gasteiger partial charge in [-0.1, -0.05) is 29.8 Å². The number of benzene rings is 1. The van der Waals surface area contributed by atoms with Gasteiger partial charge in [0, 0.05) is 0 Å². The summed E-state index contributed by atoms with van der Waals surface area (Å²) in [6, 6.07) is 5.57. The predicted molar refractivity (Wildman–Crippen MR) is 118 cm³/mol. The lowest BCUT2D eigenvalue weighted by Gasteiger charge is -2.58. The second kappa shape index (κ2) is 9.55. The van der Waals surface area contributed by atoms with Crippen molar-refractivity contribution in [3.05, 3.63) is 35.4 Å². The highest BCUT2D eigenvalue weighted by Gasteiger charge is 2.63. The van der Waals surface area contributed by atoms with Crippen LogP contribution in [0.25, 0.3) is 0 Å². The van der Waals surface area contributed by atoms with E-state index in [1.807, 2.05) is 38.1 Å². The van der Waals surface area contributed by atoms with Gasteiger partial charge in [-0.15, -0.1) is 0 Å². The van der Waals surface area contributed by atoms with Crippen LogP contribution in [-0.4, -0.2) is 96.0 Å². The second-order valence-electron chi connectivity index (χ2n) is 9.35. The van der Waals surface area contributed by atoms with Crippen molar-refractivity contribution in [3.63, 3.8) is 0 Å². The lowest BCUT2D eigenvalue weighted by Crippen LogP contribution is -2.79. The van der Waals surface area contributed by atoms with E-state index in [4.69, 9.17) is 14.2 Å². The van der Waals surface area contributed by atoms with Crippen molar-refractivity contribution in [2.75, 3.05) is 14.1 Å². The Morgan fingerprint density at radius 1 is 1.12 bits per heavy atom. The van der Waals surface area contributed by atoms with Crippen molar-refractivity contribution in [3.8, 4) is 0 Å². The molecule has 6 N–H and O–H groups in total. The largest absolute Gasteiger partial charge is 0.390 e. The van der Waals surface area contributed by atoms with Crippen molar-refractivity contribution in [1.82, 2.24) is 16.0 Å². The van der Waals surface area contributed by atoms with E-state index in [1.165, 1.54) is 0 Å². The topological polar surface area (TPSA) is 142 Å². The molecule has 1 aromatic rings. The van der Waals surface area contributed by atoms with E-state index >= 15 is 0 Å². The number of amides is 1. The van der Waals surface area contributed by atoms with Gasteiger partial charge in [-0.3, -0.25) is 4.79 Å². The molecule has 4 rings (SSSR count). The minimum Gasteiger partial charge on any atom is -0.390 e. The maximum absolute atomic E-state index is 12.8. The van der Waals surface area contributed by atoms with E-state index in [2.05, 4.69) is 16.0 Å². The number of fused-ring (bicyclic) bond motifs is 2. The molecule has 3 fully saturated rings. The fourth-order valence-electron chi connectivity index (χ4n) is 5.27. The number of likely N-dealkylation sites (N-methyl/N-ethyl adjacent to an activating group) is 2. The molecular formula is C23H35N3O7. The van der Waals surface area contributed by atoms with Crippen molar-refractivity contribution in [1.29, 1.82) is 0 Å². The third kappa shape index (κ3) is 4.54. The quantitative estimate of drug-likeness (QED) is 0.308. The van der Waals surface area contributed by atoms with Crippen molar-refractivity contribution in [2.45, 2.75) is 87.4 Å². The summed E-state index contributed by atoms with van der Waals surface area (Å²) >= 11 is 0. The minimum absolute atomic E-state index is 0.154. The number of carbonyl (C=O) groups is 1. The summed E-state index contributed by atoms with van der Waals surface area (Å²) in [5.41, 5.74) is 1.92. The number of aryl methyl sites for hydroxylation is 1. The highest BCUT2D eigenvalue weighted by atomic mass is 16.8. The number of hydrogen-bond acceptors (Lipinski definition) is 9. The predicted octanol–water partition coefficient (Wildman–Crippen LogP) is -1.46. The molecule has 2 saturated heterocycles. The highest BCUT2D eigenvalue weighted by molar-refractivity contribution is 5.79. The molecule has 0 radical (unpaired) electrons. The van der Waals surface area contributed by atoms with E-state index in [9.17, 15) is 20.1 Å². The molecule has 10 heteroatoms. The van der Waals surface area contributed by atoms with Crippen LogP contribution in [0.15, 0.2) is 24.3 Å². The average molecular weight is 466 g/mol. The number of nitrogens with one attached hydrogen (secondary N) is 3. The number of rotatable bonds is 5. The summed E-state index contributed by atoms with van der Waals surface area (Å²) < 4.78 is 18.0. The lowest BCUT2D eigenvalue weighted by atomic mass is 9.79. The molecule has 33 heavy (non-hydrogen) atoms. The molecule has 10 atom stereocenters. The molecule has 1 amide bonds. The molecule has 1 saturated carbocycles. The van der Waals surface area contributed by atoms with Crippen LogP contribution in [-0.2, 0) is 25.4 Å². The van der Waals surface area contributed by atoms with Gasteiger partial charge in [0.25, 0.3) is 0 Å². The van der Waals surface area contributed by atoms with Gasteiger partial charge in [-0.05, 0) is 39.9 Å². The zero-order valence-corrected chi connectivity index (χ0v) is 19.4. The van der Waals surface area contributed by atoms with E-state index in [0.717, 1.165) is 11.1 Å². The van der Waals surface area contributed by atoms with Gasteiger partial charge < -0.3 is 45.5 Å². The van der Waals surface area contributed by atoms with Crippen LogP contribution in [0.5, 0.6) is 0 Å². The Morgan fingerprint density at radius 3 is 2.52 bits per heavy atom. The SMILES string of the molecule is CN[C@@H]1[C@H](O)[C@H](NC)C2O[C@]3(O)C(OC2[C@H]1O)O[C@H](C)C[C@H]3NC(=O)Cc1cccc(C)c1. The molecule has 0 aromatic heterocycles. The standard InChI is InChI=1S/C23H35N3O7/c1-11-6-5-7-13(8-11)10-15(27)26-14-9-12(2)31-22-23(14,30)33-20-17(25-4)18(28)16(24-3)19(29)21(20)32-22/h5-8,12,14,16-22,24-25,28-30H,9-10H2,1-4H3,(H,26,27)/t12-,14-,16-,17+,18+,19+,20?,21?,22?,23+/m1/s1. The first-order chi connectivity index (χ1) is 15.7. The Morgan fingerprint density at radius 2 is 1.85 bits per heavy atom. The summed E-state index contributed by atoms with van der Waals surface area (Å²) in [5, 5.41) is 42.0. The van der Waals surface area contributed by atoms with Crippen molar-refractivity contribution in [2.24, 2.45) is 0 Å². The molecular weight excluding hydrogens is 430 g/mol. The average Bonchev–Trinajstić information content (AvgIpc) is 2.74. The van der Waals surface area contributed by atoms with Crippen LogP contribution in [0, 0.1) is 6.92 Å². The van der Waals surface area contributed by atoms with Crippen LogP contribution >= 0.6 is 0 Å². The highest BCUT2D eigenvalue weighted by Crippen LogP contribution is 2.41. The third-order valence-electron chi connectivity index (χ3n) is 6.93. The Labute approximate surface area is 193 Å². The number of aliphatic hydroxyl groups excluding tert-OH is 2. The summed E-state index contributed by atoms with van der Waals surface area (Å²) in [4.78, 5) is 12.8. The van der Waals surface area contributed by atoms with Crippen LogP contribution in [0.1, 0.15) is 24.5 Å². The van der Waals surface area contributed by atoms with Gasteiger partial charge in [0.05, 0.1) is 36.8 Å². The molecule has 3 unspecified atom stereocenters. The number of hydrogen-bond donors (Lipinski definition) is 6. The molecule has 2 aliphatic heterocycles. The van der Waals surface area contributed by atoms with Crippen molar-refractivity contribution >= 4 is 5.91 Å². The van der Waals surface area contributed by atoms with Gasteiger partial charge in [0.1, 0.15) is 18.3 Å². The molecule has 10 nitrogen and oxygen atoms in total. The maximum atomic E-state index is 12.8. The normalized spacial score (nSPS) is 42.8. The van der Waals surface area contributed by atoms with E-state index < -0.39 is 54.6 Å². The molecule has 1 aromatic carbocycles. The fourth-order valence-corrected chi connectivity index (χ4v) is 5.27. The van der Waals surface area contributed by atoms with E-state index in [-0.39, 0.29) is 18.4 Å². The van der Waals surface area contributed by atoms with E-state index in [1.54, 1.807) is 14.1 Å². The fraction of sp³-hybridized carbons (Fsp3) is 0.696. The molecule has 0 spiro atoms. The number of carbonyl (C=O) groups excluding carboxylic acids is 1. The van der Waals surface area contributed by atoms with Gasteiger partial charge >= 0.3 is 0 Å². The summed E-state index contributed by atoms with van der Waals surface area (Å²) in [7, 11) is 3.30. The molecule has 1 aliphatic carbocycles. The van der Waals surface area contributed by atoms with E-state index in [0.29, 0.717) is 6.42 Å². The van der Waals surface area contributed by atoms with Gasteiger partial charge in [0.15, 0.2) is 0 Å². The monoisotopic (exact) mass is 465 g/mol. The molecule has 3 aliphatic rings. The summed E-state index contributed by atoms with van der Waals surface area (Å²) in [6.45, 7) is 3.78. The minimum atomic E-state index is -1.99. The first-order valence-electron chi connectivity index (χ1n) is 11.4. The first kappa shape index (κ1) is 24.5. The zero-order valence-electron chi connectivity index (χ0n) is 19.4. The summed E-state index contributed by atoms with van der Waals surface area (Å²) in [5.74, 6) is -2.25. The Hall–Kier alpha value is -1.63. The number of ether oxygens (including phenoxy) is 3. The number of aliphatic hydroxyl groups is 3. The Bertz CT molecular complexity index is 857. The van der Waals surface area contributed by atoms with Gasteiger partial charge in [-0.2, -0.15) is 0 Å². The van der Waals surface area contributed by atoms with Crippen LogP contribution < -0.4 is 16.0 Å². The third-order valence-corrected chi connectivity index (χ3v) is 6.93. The maximum Gasteiger partial charge on any atom is 0.239 e.